The largest absolute Gasteiger partial charge is 0.446 e. The molecular formula is C17H21N3O4. The molecule has 3 aliphatic heterocycles. The van der Waals surface area contributed by atoms with E-state index in [1.165, 1.54) is 0 Å². The number of aliphatic hydroxyl groups is 1. The van der Waals surface area contributed by atoms with Crippen molar-refractivity contribution in [2.75, 3.05) is 12.4 Å². The van der Waals surface area contributed by atoms with E-state index in [2.05, 4.69) is 17.3 Å². The fourth-order valence-electron chi connectivity index (χ4n) is 4.10. The van der Waals surface area contributed by atoms with E-state index in [0.29, 0.717) is 23.3 Å². The third-order valence-corrected chi connectivity index (χ3v) is 5.46. The molecule has 3 heterocycles. The van der Waals surface area contributed by atoms with Gasteiger partial charge in [0, 0.05) is 30.5 Å². The Hall–Kier alpha value is -2.12. The van der Waals surface area contributed by atoms with Crippen molar-refractivity contribution >= 4 is 17.8 Å². The van der Waals surface area contributed by atoms with Gasteiger partial charge in [-0.3, -0.25) is 0 Å². The minimum Gasteiger partial charge on any atom is -0.446 e. The number of hydrogen-bond donors (Lipinski definition) is 2. The molecule has 4 rings (SSSR count). The van der Waals surface area contributed by atoms with Crippen LogP contribution in [0.25, 0.3) is 0 Å². The summed E-state index contributed by atoms with van der Waals surface area (Å²) in [7, 11) is 2.11. The Morgan fingerprint density at radius 3 is 2.62 bits per heavy atom. The van der Waals surface area contributed by atoms with Crippen molar-refractivity contribution in [3.63, 3.8) is 0 Å². The predicted octanol–water partition coefficient (Wildman–Crippen LogP) is 2.29. The van der Waals surface area contributed by atoms with Gasteiger partial charge in [-0.2, -0.15) is 4.90 Å². The van der Waals surface area contributed by atoms with Gasteiger partial charge in [0.05, 0.1) is 5.69 Å². The first-order valence-corrected chi connectivity index (χ1v) is 8.34. The maximum Gasteiger partial charge on any atom is 0.420 e. The Labute approximate surface area is 140 Å². The number of nitrogens with one attached hydrogen (secondary N) is 1. The van der Waals surface area contributed by atoms with Gasteiger partial charge in [0.25, 0.3) is 0 Å². The van der Waals surface area contributed by atoms with E-state index < -0.39 is 18.4 Å². The Balaban J connectivity index is 1.48. The molecule has 3 aliphatic rings. The summed E-state index contributed by atoms with van der Waals surface area (Å²) in [5, 5.41) is 13.0. The van der Waals surface area contributed by atoms with Gasteiger partial charge in [0.15, 0.2) is 6.23 Å². The van der Waals surface area contributed by atoms with Crippen LogP contribution in [-0.4, -0.2) is 52.3 Å². The number of ether oxygens (including phenoxy) is 1. The van der Waals surface area contributed by atoms with Crippen molar-refractivity contribution in [1.29, 1.82) is 0 Å². The predicted molar refractivity (Wildman–Crippen MR) is 86.3 cm³/mol. The van der Waals surface area contributed by atoms with Gasteiger partial charge in [-0.15, -0.1) is 0 Å². The van der Waals surface area contributed by atoms with Crippen LogP contribution in [0.4, 0.5) is 15.3 Å². The molecule has 1 aromatic rings. The summed E-state index contributed by atoms with van der Waals surface area (Å²) < 4.78 is 5.56. The Bertz CT molecular complexity index is 666. The van der Waals surface area contributed by atoms with Crippen LogP contribution in [0.1, 0.15) is 37.5 Å². The topological polar surface area (TPSA) is 82.1 Å². The number of carbonyl (C=O) groups excluding carboxylic acids is 2. The summed E-state index contributed by atoms with van der Waals surface area (Å²) in [5.74, 6) is 0. The molecule has 2 saturated heterocycles. The number of nitrogens with zero attached hydrogens (tertiary/aromatic N) is 2. The Morgan fingerprint density at radius 1 is 1.25 bits per heavy atom. The maximum absolute atomic E-state index is 12.5. The number of amides is 3. The molecule has 3 atom stereocenters. The highest BCUT2D eigenvalue weighted by Gasteiger charge is 2.42. The number of urea groups is 1. The summed E-state index contributed by atoms with van der Waals surface area (Å²) in [4.78, 5) is 27.8. The first kappa shape index (κ1) is 15.4. The molecule has 7 nitrogen and oxygen atoms in total. The lowest BCUT2D eigenvalue weighted by atomic mass is 10.0. The van der Waals surface area contributed by atoms with Crippen molar-refractivity contribution in [3.05, 3.63) is 29.8 Å². The number of anilines is 1. The Kier molecular flexibility index (Phi) is 3.69. The zero-order valence-electron chi connectivity index (χ0n) is 13.5. The lowest BCUT2D eigenvalue weighted by molar-refractivity contribution is -0.0163. The molecule has 0 radical (unpaired) electrons. The summed E-state index contributed by atoms with van der Waals surface area (Å²) >= 11 is 0. The minimum absolute atomic E-state index is 0.205. The number of imide groups is 1. The number of fused-ring (bicyclic) bond motifs is 3. The molecule has 0 aromatic heterocycles. The summed E-state index contributed by atoms with van der Waals surface area (Å²) in [5.41, 5.74) is 0.994. The molecule has 3 unspecified atom stereocenters. The van der Waals surface area contributed by atoms with Crippen LogP contribution in [0.15, 0.2) is 24.3 Å². The van der Waals surface area contributed by atoms with Gasteiger partial charge in [-0.25, -0.2) is 9.59 Å². The number of carbonyl (C=O) groups is 2. The molecule has 2 N–H and O–H groups in total. The van der Waals surface area contributed by atoms with Crippen LogP contribution >= 0.6 is 0 Å². The summed E-state index contributed by atoms with van der Waals surface area (Å²) in [6.45, 7) is 0. The van der Waals surface area contributed by atoms with Gasteiger partial charge in [-0.1, -0.05) is 18.2 Å². The van der Waals surface area contributed by atoms with Crippen LogP contribution in [-0.2, 0) is 4.74 Å². The molecular weight excluding hydrogens is 310 g/mol. The number of hydrogen-bond acceptors (Lipinski definition) is 5. The van der Waals surface area contributed by atoms with E-state index in [0.717, 1.165) is 30.6 Å². The normalized spacial score (nSPS) is 32.2. The Morgan fingerprint density at radius 2 is 1.92 bits per heavy atom. The molecule has 7 heteroatoms. The lowest BCUT2D eigenvalue weighted by Crippen LogP contribution is -2.49. The van der Waals surface area contributed by atoms with Crippen molar-refractivity contribution in [2.45, 2.75) is 50.1 Å². The smallest absolute Gasteiger partial charge is 0.420 e. The maximum atomic E-state index is 12.5. The molecule has 0 spiro atoms. The van der Waals surface area contributed by atoms with E-state index in [-0.39, 0.29) is 6.10 Å². The number of rotatable bonds is 1. The first-order valence-electron chi connectivity index (χ1n) is 8.34. The standard InChI is InChI=1S/C17H21N3O4/c1-19-10-6-7-11(19)9-12(8-10)24-17(23)20-15(21)13-4-2-3-5-14(13)18-16(20)22/h2-5,10-12,15,21H,6-9H2,1H3,(H,18,22). The summed E-state index contributed by atoms with van der Waals surface area (Å²) in [6.07, 6.45) is 1.48. The van der Waals surface area contributed by atoms with Gasteiger partial charge in [0.1, 0.15) is 6.10 Å². The first-order chi connectivity index (χ1) is 11.5. The molecule has 3 amide bonds. The zero-order chi connectivity index (χ0) is 16.8. The highest BCUT2D eigenvalue weighted by atomic mass is 16.6. The van der Waals surface area contributed by atoms with E-state index in [9.17, 15) is 14.7 Å². The van der Waals surface area contributed by atoms with Gasteiger partial charge in [-0.05, 0) is 26.0 Å². The van der Waals surface area contributed by atoms with Crippen LogP contribution in [0.2, 0.25) is 0 Å². The second-order valence-electron chi connectivity index (χ2n) is 6.79. The summed E-state index contributed by atoms with van der Waals surface area (Å²) in [6, 6.07) is 7.07. The van der Waals surface area contributed by atoms with Crippen LogP contribution in [0.3, 0.4) is 0 Å². The van der Waals surface area contributed by atoms with E-state index >= 15 is 0 Å². The molecule has 0 aliphatic carbocycles. The van der Waals surface area contributed by atoms with Crippen LogP contribution in [0.5, 0.6) is 0 Å². The molecule has 128 valence electrons. The van der Waals surface area contributed by atoms with Gasteiger partial charge in [0.2, 0.25) is 0 Å². The van der Waals surface area contributed by atoms with E-state index in [4.69, 9.17) is 4.74 Å². The lowest BCUT2D eigenvalue weighted by Gasteiger charge is -2.37. The average Bonchev–Trinajstić information content (AvgIpc) is 2.77. The second kappa shape index (κ2) is 5.75. The van der Waals surface area contributed by atoms with Crippen molar-refractivity contribution < 1.29 is 19.4 Å². The second-order valence-corrected chi connectivity index (χ2v) is 6.79. The van der Waals surface area contributed by atoms with Crippen molar-refractivity contribution in [2.24, 2.45) is 0 Å². The van der Waals surface area contributed by atoms with Crippen LogP contribution < -0.4 is 5.32 Å². The van der Waals surface area contributed by atoms with Crippen LogP contribution in [0, 0.1) is 0 Å². The molecule has 2 bridgehead atoms. The highest BCUT2D eigenvalue weighted by molar-refractivity contribution is 6.01. The average molecular weight is 331 g/mol. The van der Waals surface area contributed by atoms with Crippen molar-refractivity contribution in [3.8, 4) is 0 Å². The fraction of sp³-hybridized carbons (Fsp3) is 0.529. The number of para-hydroxylation sites is 1. The number of benzene rings is 1. The fourth-order valence-corrected chi connectivity index (χ4v) is 4.10. The van der Waals surface area contributed by atoms with Gasteiger partial charge >= 0.3 is 12.1 Å². The zero-order valence-corrected chi connectivity index (χ0v) is 13.5. The van der Waals surface area contributed by atoms with Gasteiger partial charge < -0.3 is 20.1 Å². The molecule has 2 fully saturated rings. The molecule has 1 aromatic carbocycles. The monoisotopic (exact) mass is 331 g/mol. The third kappa shape index (κ3) is 2.44. The number of aliphatic hydroxyl groups excluding tert-OH is 1. The third-order valence-electron chi connectivity index (χ3n) is 5.46. The minimum atomic E-state index is -1.33. The number of piperidine rings is 1. The molecule has 24 heavy (non-hydrogen) atoms. The van der Waals surface area contributed by atoms with E-state index in [1.807, 2.05) is 0 Å². The highest BCUT2D eigenvalue weighted by Crippen LogP contribution is 2.36. The molecule has 0 saturated carbocycles. The quantitative estimate of drug-likeness (QED) is 0.825. The van der Waals surface area contributed by atoms with E-state index in [1.54, 1.807) is 24.3 Å². The van der Waals surface area contributed by atoms with Crippen molar-refractivity contribution in [1.82, 2.24) is 9.80 Å². The SMILES string of the molecule is CN1C2CCC1CC(OC(=O)N1C(=O)Nc3ccccc3C1O)C2.